The molecule has 0 N–H and O–H groups in total. The van der Waals surface area contributed by atoms with Crippen LogP contribution in [0.3, 0.4) is 0 Å². The highest BCUT2D eigenvalue weighted by molar-refractivity contribution is 7.28. The number of halogens is 1. The molecule has 0 radical (unpaired) electrons. The number of rotatable bonds is 0. The fourth-order valence-electron chi connectivity index (χ4n) is 1.32. The molecule has 0 nitrogen and oxygen atoms in total. The van der Waals surface area contributed by atoms with Gasteiger partial charge in [0.25, 0.3) is 0 Å². The van der Waals surface area contributed by atoms with Gasteiger partial charge >= 0.3 is 0 Å². The van der Waals surface area contributed by atoms with Crippen molar-refractivity contribution in [3.05, 3.63) is 42.2 Å². The van der Waals surface area contributed by atoms with Gasteiger partial charge in [-0.2, -0.15) is 0 Å². The molecule has 0 aliphatic rings. The van der Waals surface area contributed by atoms with Gasteiger partial charge in [0.05, 0.1) is 0 Å². The van der Waals surface area contributed by atoms with Gasteiger partial charge in [0.1, 0.15) is 5.82 Å². The molecule has 0 bridgehead atoms. The lowest BCUT2D eigenvalue weighted by molar-refractivity contribution is 0.640. The van der Waals surface area contributed by atoms with Crippen molar-refractivity contribution < 1.29 is 4.39 Å². The van der Waals surface area contributed by atoms with Gasteiger partial charge in [-0.15, -0.1) is 9.24 Å². The number of hydrogen-bond acceptors (Lipinski definition) is 0. The van der Waals surface area contributed by atoms with Crippen LogP contribution in [0.5, 0.6) is 0 Å². The van der Waals surface area contributed by atoms with E-state index in [0.29, 0.717) is 5.39 Å². The van der Waals surface area contributed by atoms with Gasteiger partial charge in [-0.25, -0.2) is 4.39 Å². The molecule has 0 heterocycles. The van der Waals surface area contributed by atoms with Crippen molar-refractivity contribution in [3.8, 4) is 0 Å². The highest BCUT2D eigenvalue weighted by Crippen LogP contribution is 2.16. The lowest BCUT2D eigenvalue weighted by atomic mass is 10.1. The Morgan fingerprint density at radius 2 is 1.67 bits per heavy atom. The fourth-order valence-corrected chi connectivity index (χ4v) is 1.74. The van der Waals surface area contributed by atoms with Crippen LogP contribution in [0.25, 0.3) is 10.8 Å². The van der Waals surface area contributed by atoms with Crippen LogP contribution < -0.4 is 5.30 Å². The van der Waals surface area contributed by atoms with Crippen LogP contribution in [0.15, 0.2) is 36.4 Å². The van der Waals surface area contributed by atoms with Crippen molar-refractivity contribution in [2.24, 2.45) is 0 Å². The molecule has 2 aromatic rings. The summed E-state index contributed by atoms with van der Waals surface area (Å²) in [4.78, 5) is 0. The zero-order valence-corrected chi connectivity index (χ0v) is 7.57. The first-order valence-electron chi connectivity index (χ1n) is 3.72. The first-order chi connectivity index (χ1) is 5.79. The molecule has 0 aromatic heterocycles. The van der Waals surface area contributed by atoms with Gasteiger partial charge in [0.2, 0.25) is 0 Å². The molecule has 2 aromatic carbocycles. The fraction of sp³-hybridized carbons (Fsp3) is 0. The average molecular weight is 178 g/mol. The van der Waals surface area contributed by atoms with Gasteiger partial charge in [0.15, 0.2) is 0 Å². The van der Waals surface area contributed by atoms with E-state index in [-0.39, 0.29) is 5.82 Å². The van der Waals surface area contributed by atoms with Crippen molar-refractivity contribution >= 4 is 25.3 Å². The summed E-state index contributed by atoms with van der Waals surface area (Å²) < 4.78 is 13.2. The second kappa shape index (κ2) is 2.84. The van der Waals surface area contributed by atoms with Crippen LogP contribution in [0.1, 0.15) is 0 Å². The standard InChI is InChI=1S/C10H8FP/c11-8-5-1-3-7-4-2-6-9(12)10(7)8/h1-6H,12H2. The summed E-state index contributed by atoms with van der Waals surface area (Å²) in [6, 6.07) is 10.8. The van der Waals surface area contributed by atoms with Gasteiger partial charge < -0.3 is 0 Å². The molecule has 0 aliphatic carbocycles. The van der Waals surface area contributed by atoms with Crippen molar-refractivity contribution in [3.63, 3.8) is 0 Å². The summed E-state index contributed by atoms with van der Waals surface area (Å²) in [5.74, 6) is -0.155. The van der Waals surface area contributed by atoms with Gasteiger partial charge in [-0.1, -0.05) is 30.3 Å². The third-order valence-corrected chi connectivity index (χ3v) is 2.37. The van der Waals surface area contributed by atoms with E-state index in [1.54, 1.807) is 6.07 Å². The minimum Gasteiger partial charge on any atom is -0.206 e. The Morgan fingerprint density at radius 3 is 2.33 bits per heavy atom. The van der Waals surface area contributed by atoms with Gasteiger partial charge in [-0.05, 0) is 16.8 Å². The summed E-state index contributed by atoms with van der Waals surface area (Å²) in [6.07, 6.45) is 0. The van der Waals surface area contributed by atoms with Crippen LogP contribution in [0, 0.1) is 5.82 Å². The van der Waals surface area contributed by atoms with Gasteiger partial charge in [-0.3, -0.25) is 0 Å². The molecule has 12 heavy (non-hydrogen) atoms. The molecule has 2 heteroatoms. The lowest BCUT2D eigenvalue weighted by Crippen LogP contribution is -1.94. The largest absolute Gasteiger partial charge is 0.206 e. The first-order valence-corrected chi connectivity index (χ1v) is 4.29. The Balaban J connectivity index is 2.96. The molecular weight excluding hydrogens is 170 g/mol. The SMILES string of the molecule is Fc1cccc2cccc(P)c12. The molecule has 0 saturated carbocycles. The van der Waals surface area contributed by atoms with E-state index in [0.717, 1.165) is 10.7 Å². The van der Waals surface area contributed by atoms with E-state index in [9.17, 15) is 4.39 Å². The summed E-state index contributed by atoms with van der Waals surface area (Å²) in [5, 5.41) is 2.55. The zero-order chi connectivity index (χ0) is 8.55. The predicted octanol–water partition coefficient (Wildman–Crippen LogP) is 2.48. The molecule has 0 amide bonds. The Bertz CT molecular complexity index is 386. The van der Waals surface area contributed by atoms with Crippen molar-refractivity contribution in [1.29, 1.82) is 0 Å². The van der Waals surface area contributed by atoms with E-state index in [4.69, 9.17) is 0 Å². The number of hydrogen-bond donors (Lipinski definition) is 0. The maximum absolute atomic E-state index is 13.2. The predicted molar refractivity (Wildman–Crippen MR) is 53.3 cm³/mol. The Kier molecular flexibility index (Phi) is 1.82. The lowest BCUT2D eigenvalue weighted by Gasteiger charge is -2.01. The van der Waals surface area contributed by atoms with Crippen molar-refractivity contribution in [1.82, 2.24) is 0 Å². The molecule has 0 fully saturated rings. The van der Waals surface area contributed by atoms with Crippen LogP contribution in [-0.4, -0.2) is 0 Å². The summed E-state index contributed by atoms with van der Waals surface area (Å²) in [6.45, 7) is 0. The highest BCUT2D eigenvalue weighted by atomic mass is 31.0. The Labute approximate surface area is 72.6 Å². The quantitative estimate of drug-likeness (QED) is 0.543. The van der Waals surface area contributed by atoms with E-state index < -0.39 is 0 Å². The average Bonchev–Trinajstić information content (AvgIpc) is 2.04. The van der Waals surface area contributed by atoms with E-state index >= 15 is 0 Å². The molecule has 0 saturated heterocycles. The minimum absolute atomic E-state index is 0.155. The molecule has 1 unspecified atom stereocenters. The van der Waals surface area contributed by atoms with Crippen molar-refractivity contribution in [2.45, 2.75) is 0 Å². The number of benzene rings is 2. The normalized spacial score (nSPS) is 10.5. The minimum atomic E-state index is -0.155. The Hall–Kier alpha value is -0.940. The second-order valence-electron chi connectivity index (χ2n) is 2.69. The zero-order valence-electron chi connectivity index (χ0n) is 6.42. The van der Waals surface area contributed by atoms with Crippen LogP contribution in [0.4, 0.5) is 4.39 Å². The smallest absolute Gasteiger partial charge is 0.131 e. The number of fused-ring (bicyclic) bond motifs is 1. The highest BCUT2D eigenvalue weighted by Gasteiger charge is 2.00. The second-order valence-corrected chi connectivity index (χ2v) is 3.31. The molecular formula is C10H8FP. The van der Waals surface area contributed by atoms with E-state index in [2.05, 4.69) is 9.24 Å². The molecule has 0 aliphatic heterocycles. The van der Waals surface area contributed by atoms with Gasteiger partial charge in [0, 0.05) is 5.39 Å². The maximum atomic E-state index is 13.2. The summed E-state index contributed by atoms with van der Waals surface area (Å²) >= 11 is 0. The molecule has 1 atom stereocenters. The summed E-state index contributed by atoms with van der Waals surface area (Å²) in [7, 11) is 2.54. The third-order valence-electron chi connectivity index (χ3n) is 1.89. The topological polar surface area (TPSA) is 0 Å². The monoisotopic (exact) mass is 178 g/mol. The maximum Gasteiger partial charge on any atom is 0.131 e. The van der Waals surface area contributed by atoms with Crippen molar-refractivity contribution in [2.75, 3.05) is 0 Å². The summed E-state index contributed by atoms with van der Waals surface area (Å²) in [5.41, 5.74) is 0. The molecule has 60 valence electrons. The van der Waals surface area contributed by atoms with Crippen LogP contribution >= 0.6 is 9.24 Å². The molecule has 0 spiro atoms. The van der Waals surface area contributed by atoms with E-state index in [1.165, 1.54) is 6.07 Å². The third kappa shape index (κ3) is 1.11. The van der Waals surface area contributed by atoms with Crippen LogP contribution in [-0.2, 0) is 0 Å². The first kappa shape index (κ1) is 7.70. The molecule has 2 rings (SSSR count). The Morgan fingerprint density at radius 1 is 1.00 bits per heavy atom. The van der Waals surface area contributed by atoms with Crippen LogP contribution in [0.2, 0.25) is 0 Å². The van der Waals surface area contributed by atoms with E-state index in [1.807, 2.05) is 24.3 Å².